The van der Waals surface area contributed by atoms with Crippen LogP contribution in [0.3, 0.4) is 0 Å². The predicted octanol–water partition coefficient (Wildman–Crippen LogP) is 2.72. The van der Waals surface area contributed by atoms with E-state index in [0.29, 0.717) is 18.5 Å². The van der Waals surface area contributed by atoms with Crippen molar-refractivity contribution in [3.8, 4) is 0 Å². The summed E-state index contributed by atoms with van der Waals surface area (Å²) in [5.74, 6) is -1.12. The highest BCUT2D eigenvalue weighted by Gasteiger charge is 2.07. The van der Waals surface area contributed by atoms with Crippen LogP contribution >= 0.6 is 0 Å². The van der Waals surface area contributed by atoms with Crippen LogP contribution in [0.25, 0.3) is 10.8 Å². The quantitative estimate of drug-likeness (QED) is 0.570. The Hall–Kier alpha value is -2.89. The third kappa shape index (κ3) is 6.55. The van der Waals surface area contributed by atoms with Crippen LogP contribution in [0.2, 0.25) is 0 Å². The Bertz CT molecular complexity index is 773. The Labute approximate surface area is 152 Å². The summed E-state index contributed by atoms with van der Waals surface area (Å²) in [5, 5.41) is 16.1. The van der Waals surface area contributed by atoms with Gasteiger partial charge in [-0.25, -0.2) is 0 Å². The first-order chi connectivity index (χ1) is 12.6. The second kappa shape index (κ2) is 10.2. The van der Waals surface area contributed by atoms with Gasteiger partial charge in [0.1, 0.15) is 0 Å². The number of amides is 2. The molecule has 0 aromatic heterocycles. The maximum Gasteiger partial charge on any atom is 0.303 e. The molecule has 6 nitrogen and oxygen atoms in total. The smallest absolute Gasteiger partial charge is 0.303 e. The zero-order chi connectivity index (χ0) is 18.8. The summed E-state index contributed by atoms with van der Waals surface area (Å²) in [7, 11) is 0. The minimum atomic E-state index is -0.795. The number of carbonyl (C=O) groups is 3. The lowest BCUT2D eigenvalue weighted by atomic mass is 10.1. The fourth-order valence-electron chi connectivity index (χ4n) is 2.62. The maximum absolute atomic E-state index is 12.2. The van der Waals surface area contributed by atoms with Crippen LogP contribution in [0.1, 0.15) is 42.5 Å². The van der Waals surface area contributed by atoms with Crippen molar-refractivity contribution in [1.82, 2.24) is 10.6 Å². The van der Waals surface area contributed by atoms with E-state index in [1.165, 1.54) is 0 Å². The number of rotatable bonds is 10. The van der Waals surface area contributed by atoms with Crippen LogP contribution in [0, 0.1) is 0 Å². The number of benzene rings is 2. The number of carboxylic acid groups (broad SMARTS) is 1. The Morgan fingerprint density at radius 3 is 2.35 bits per heavy atom. The minimum Gasteiger partial charge on any atom is -0.481 e. The van der Waals surface area contributed by atoms with E-state index in [2.05, 4.69) is 10.6 Å². The lowest BCUT2D eigenvalue weighted by Crippen LogP contribution is -2.31. The third-order valence-corrected chi connectivity index (χ3v) is 4.04. The zero-order valence-corrected chi connectivity index (χ0v) is 14.7. The summed E-state index contributed by atoms with van der Waals surface area (Å²) in [4.78, 5) is 34.3. The Morgan fingerprint density at radius 2 is 1.58 bits per heavy atom. The molecule has 0 unspecified atom stereocenters. The van der Waals surface area contributed by atoms with Crippen LogP contribution in [-0.2, 0) is 9.59 Å². The first-order valence-corrected chi connectivity index (χ1v) is 8.82. The van der Waals surface area contributed by atoms with E-state index in [0.717, 1.165) is 23.6 Å². The highest BCUT2D eigenvalue weighted by atomic mass is 16.4. The number of hydrogen-bond donors (Lipinski definition) is 3. The summed E-state index contributed by atoms with van der Waals surface area (Å²) in [5.41, 5.74) is 0.572. The number of fused-ring (bicyclic) bond motifs is 1. The van der Waals surface area contributed by atoms with Gasteiger partial charge in [0, 0.05) is 31.5 Å². The second-order valence-corrected chi connectivity index (χ2v) is 6.12. The van der Waals surface area contributed by atoms with Gasteiger partial charge < -0.3 is 15.7 Å². The fraction of sp³-hybridized carbons (Fsp3) is 0.350. The lowest BCUT2D eigenvalue weighted by Gasteiger charge is -2.07. The monoisotopic (exact) mass is 356 g/mol. The Morgan fingerprint density at radius 1 is 0.808 bits per heavy atom. The van der Waals surface area contributed by atoms with E-state index in [1.807, 2.05) is 36.4 Å². The standard InChI is InChI=1S/C20H24N2O4/c23-18(21-12-5-1-2-8-19(24)25)11-13-22-20(26)17-10-9-15-6-3-4-7-16(15)14-17/h3-4,6-7,9-10,14H,1-2,5,8,11-13H2,(H,21,23)(H,22,26)(H,24,25). The molecule has 0 bridgehead atoms. The van der Waals surface area contributed by atoms with Crippen LogP contribution < -0.4 is 10.6 Å². The molecule has 0 aliphatic rings. The van der Waals surface area contributed by atoms with E-state index < -0.39 is 5.97 Å². The molecule has 2 aromatic rings. The van der Waals surface area contributed by atoms with E-state index in [-0.39, 0.29) is 31.2 Å². The second-order valence-electron chi connectivity index (χ2n) is 6.12. The summed E-state index contributed by atoms with van der Waals surface area (Å²) in [6.07, 6.45) is 2.52. The summed E-state index contributed by atoms with van der Waals surface area (Å²) in [6.45, 7) is 0.799. The van der Waals surface area contributed by atoms with Crippen molar-refractivity contribution >= 4 is 28.6 Å². The van der Waals surface area contributed by atoms with Gasteiger partial charge in [-0.2, -0.15) is 0 Å². The molecule has 0 aliphatic heterocycles. The molecule has 0 aliphatic carbocycles. The van der Waals surface area contributed by atoms with Crippen molar-refractivity contribution in [2.45, 2.75) is 32.1 Å². The van der Waals surface area contributed by atoms with Crippen LogP contribution in [0.4, 0.5) is 0 Å². The maximum atomic E-state index is 12.2. The van der Waals surface area contributed by atoms with E-state index in [4.69, 9.17) is 5.11 Å². The first-order valence-electron chi connectivity index (χ1n) is 8.82. The molecule has 0 spiro atoms. The van der Waals surface area contributed by atoms with Gasteiger partial charge in [-0.3, -0.25) is 14.4 Å². The predicted molar refractivity (Wildman–Crippen MR) is 100 cm³/mol. The SMILES string of the molecule is O=C(O)CCCCCNC(=O)CCNC(=O)c1ccc2ccccc2c1. The van der Waals surface area contributed by atoms with E-state index >= 15 is 0 Å². The van der Waals surface area contributed by atoms with Gasteiger partial charge in [0.15, 0.2) is 0 Å². The number of carbonyl (C=O) groups excluding carboxylic acids is 2. The molecule has 0 radical (unpaired) electrons. The topological polar surface area (TPSA) is 95.5 Å². The number of unbranched alkanes of at least 4 members (excludes halogenated alkanes) is 2. The molecule has 2 aromatic carbocycles. The van der Waals surface area contributed by atoms with Gasteiger partial charge in [0.25, 0.3) is 5.91 Å². The van der Waals surface area contributed by atoms with Crippen molar-refractivity contribution in [3.63, 3.8) is 0 Å². The average Bonchev–Trinajstić information content (AvgIpc) is 2.63. The van der Waals surface area contributed by atoms with Crippen molar-refractivity contribution in [2.75, 3.05) is 13.1 Å². The number of nitrogens with one attached hydrogen (secondary N) is 2. The van der Waals surface area contributed by atoms with Crippen molar-refractivity contribution < 1.29 is 19.5 Å². The summed E-state index contributed by atoms with van der Waals surface area (Å²) in [6, 6.07) is 13.3. The van der Waals surface area contributed by atoms with Crippen molar-refractivity contribution in [3.05, 3.63) is 48.0 Å². The van der Waals surface area contributed by atoms with E-state index in [1.54, 1.807) is 6.07 Å². The molecule has 2 amide bonds. The highest BCUT2D eigenvalue weighted by Crippen LogP contribution is 2.15. The van der Waals surface area contributed by atoms with Crippen molar-refractivity contribution in [1.29, 1.82) is 0 Å². The molecule has 138 valence electrons. The largest absolute Gasteiger partial charge is 0.481 e. The van der Waals surface area contributed by atoms with Crippen LogP contribution in [0.15, 0.2) is 42.5 Å². The molecular weight excluding hydrogens is 332 g/mol. The van der Waals surface area contributed by atoms with Gasteiger partial charge in [-0.15, -0.1) is 0 Å². The van der Waals surface area contributed by atoms with Crippen LogP contribution in [0.5, 0.6) is 0 Å². The average molecular weight is 356 g/mol. The van der Waals surface area contributed by atoms with Gasteiger partial charge in [-0.1, -0.05) is 36.8 Å². The molecular formula is C20H24N2O4. The van der Waals surface area contributed by atoms with Gasteiger partial charge in [-0.05, 0) is 35.7 Å². The normalized spacial score (nSPS) is 10.5. The van der Waals surface area contributed by atoms with Gasteiger partial charge in [0.05, 0.1) is 0 Å². The van der Waals surface area contributed by atoms with Crippen LogP contribution in [-0.4, -0.2) is 36.0 Å². The van der Waals surface area contributed by atoms with E-state index in [9.17, 15) is 14.4 Å². The molecule has 3 N–H and O–H groups in total. The summed E-state index contributed by atoms with van der Waals surface area (Å²) < 4.78 is 0. The van der Waals surface area contributed by atoms with Gasteiger partial charge >= 0.3 is 5.97 Å². The Balaban J connectivity index is 1.64. The zero-order valence-electron chi connectivity index (χ0n) is 14.7. The van der Waals surface area contributed by atoms with Crippen molar-refractivity contribution in [2.24, 2.45) is 0 Å². The molecule has 0 saturated heterocycles. The molecule has 2 rings (SSSR count). The highest BCUT2D eigenvalue weighted by molar-refractivity contribution is 5.98. The molecule has 0 fully saturated rings. The molecule has 0 atom stereocenters. The molecule has 6 heteroatoms. The van der Waals surface area contributed by atoms with Gasteiger partial charge in [0.2, 0.25) is 5.91 Å². The first kappa shape index (κ1) is 19.4. The Kier molecular flexibility index (Phi) is 7.61. The number of carboxylic acids is 1. The fourth-order valence-corrected chi connectivity index (χ4v) is 2.62. The lowest BCUT2D eigenvalue weighted by molar-refractivity contribution is -0.137. The molecule has 0 saturated carbocycles. The molecule has 26 heavy (non-hydrogen) atoms. The minimum absolute atomic E-state index is 0.123. The summed E-state index contributed by atoms with van der Waals surface area (Å²) >= 11 is 0. The number of aliphatic carboxylic acids is 1. The molecule has 0 heterocycles. The third-order valence-electron chi connectivity index (χ3n) is 4.04. The number of hydrogen-bond acceptors (Lipinski definition) is 3.